The van der Waals surface area contributed by atoms with Gasteiger partial charge in [0.25, 0.3) is 9.05 Å². The SMILES string of the molecule is O=S(=O)(Cl)c1cn(CC2CCCO2)c2ccccc12. The topological polar surface area (TPSA) is 48.3 Å². The van der Waals surface area contributed by atoms with Crippen molar-refractivity contribution in [3.63, 3.8) is 0 Å². The standard InChI is InChI=1S/C13H14ClNO3S/c14-19(16,17)13-9-15(8-10-4-3-7-18-10)12-6-2-1-5-11(12)13/h1-2,5-6,9-10H,3-4,7-8H2. The molecule has 2 heterocycles. The molecule has 0 saturated carbocycles. The molecule has 4 nitrogen and oxygen atoms in total. The van der Waals surface area contributed by atoms with Gasteiger partial charge in [0, 0.05) is 40.9 Å². The van der Waals surface area contributed by atoms with Crippen molar-refractivity contribution < 1.29 is 13.2 Å². The third-order valence-corrected chi connectivity index (χ3v) is 4.79. The third kappa shape index (κ3) is 2.50. The van der Waals surface area contributed by atoms with Gasteiger partial charge in [0.05, 0.1) is 6.10 Å². The van der Waals surface area contributed by atoms with Gasteiger partial charge in [0.15, 0.2) is 0 Å². The van der Waals surface area contributed by atoms with Crippen LogP contribution >= 0.6 is 10.7 Å². The summed E-state index contributed by atoms with van der Waals surface area (Å²) in [6.45, 7) is 1.44. The van der Waals surface area contributed by atoms with Gasteiger partial charge >= 0.3 is 0 Å². The molecule has 0 radical (unpaired) electrons. The maximum absolute atomic E-state index is 11.6. The molecule has 0 spiro atoms. The van der Waals surface area contributed by atoms with Gasteiger partial charge in [-0.15, -0.1) is 0 Å². The number of ether oxygens (including phenoxy) is 1. The molecular weight excluding hydrogens is 286 g/mol. The van der Waals surface area contributed by atoms with Crippen LogP contribution in [0.15, 0.2) is 35.4 Å². The Hall–Kier alpha value is -1.04. The minimum Gasteiger partial charge on any atom is -0.376 e. The maximum atomic E-state index is 11.6. The fourth-order valence-corrected chi connectivity index (χ4v) is 3.62. The average Bonchev–Trinajstić information content (AvgIpc) is 2.97. The van der Waals surface area contributed by atoms with Crippen LogP contribution in [0.5, 0.6) is 0 Å². The van der Waals surface area contributed by atoms with E-state index in [1.807, 2.05) is 22.8 Å². The molecule has 1 atom stereocenters. The highest BCUT2D eigenvalue weighted by molar-refractivity contribution is 8.14. The summed E-state index contributed by atoms with van der Waals surface area (Å²) in [6, 6.07) is 7.37. The number of para-hydroxylation sites is 1. The summed E-state index contributed by atoms with van der Waals surface area (Å²) < 4.78 is 30.8. The van der Waals surface area contributed by atoms with Gasteiger partial charge in [-0.1, -0.05) is 18.2 Å². The molecule has 0 aliphatic carbocycles. The molecule has 6 heteroatoms. The quantitative estimate of drug-likeness (QED) is 0.819. The Morgan fingerprint density at radius 3 is 2.84 bits per heavy atom. The molecule has 1 aliphatic rings. The van der Waals surface area contributed by atoms with Gasteiger partial charge in [0.1, 0.15) is 4.90 Å². The van der Waals surface area contributed by atoms with E-state index in [0.29, 0.717) is 11.9 Å². The van der Waals surface area contributed by atoms with E-state index >= 15 is 0 Å². The molecule has 1 saturated heterocycles. The van der Waals surface area contributed by atoms with Gasteiger partial charge in [-0.25, -0.2) is 8.42 Å². The Balaban J connectivity index is 2.09. The van der Waals surface area contributed by atoms with Crippen molar-refractivity contribution in [1.82, 2.24) is 4.57 Å². The maximum Gasteiger partial charge on any atom is 0.263 e. The number of hydrogen-bond acceptors (Lipinski definition) is 3. The van der Waals surface area contributed by atoms with Crippen LogP contribution in [0.25, 0.3) is 10.9 Å². The van der Waals surface area contributed by atoms with E-state index in [0.717, 1.165) is 25.0 Å². The lowest BCUT2D eigenvalue weighted by atomic mass is 10.2. The van der Waals surface area contributed by atoms with Crippen molar-refractivity contribution in [3.05, 3.63) is 30.5 Å². The van der Waals surface area contributed by atoms with Crippen molar-refractivity contribution in [2.75, 3.05) is 6.61 Å². The highest BCUT2D eigenvalue weighted by Gasteiger charge is 2.21. The van der Waals surface area contributed by atoms with Gasteiger partial charge < -0.3 is 9.30 Å². The molecule has 102 valence electrons. The van der Waals surface area contributed by atoms with Gasteiger partial charge in [-0.05, 0) is 18.9 Å². The fourth-order valence-electron chi connectivity index (χ4n) is 2.57. The lowest BCUT2D eigenvalue weighted by Gasteiger charge is -2.11. The predicted molar refractivity (Wildman–Crippen MR) is 74.0 cm³/mol. The van der Waals surface area contributed by atoms with Crippen molar-refractivity contribution in [1.29, 1.82) is 0 Å². The van der Waals surface area contributed by atoms with Gasteiger partial charge in [-0.3, -0.25) is 0 Å². The van der Waals surface area contributed by atoms with E-state index in [9.17, 15) is 8.42 Å². The molecule has 1 fully saturated rings. The Labute approximate surface area is 116 Å². The van der Waals surface area contributed by atoms with E-state index in [2.05, 4.69) is 0 Å². The van der Waals surface area contributed by atoms with Crippen LogP contribution in [0.4, 0.5) is 0 Å². The van der Waals surface area contributed by atoms with Crippen LogP contribution in [-0.4, -0.2) is 25.7 Å². The number of nitrogens with zero attached hydrogens (tertiary/aromatic N) is 1. The van der Waals surface area contributed by atoms with Crippen LogP contribution in [0.2, 0.25) is 0 Å². The smallest absolute Gasteiger partial charge is 0.263 e. The largest absolute Gasteiger partial charge is 0.376 e. The molecule has 1 unspecified atom stereocenters. The molecule has 1 aromatic carbocycles. The number of halogens is 1. The second kappa shape index (κ2) is 4.81. The summed E-state index contributed by atoms with van der Waals surface area (Å²) in [5.74, 6) is 0. The molecule has 3 rings (SSSR count). The lowest BCUT2D eigenvalue weighted by Crippen LogP contribution is -2.14. The summed E-state index contributed by atoms with van der Waals surface area (Å²) in [4.78, 5) is 0.169. The Morgan fingerprint density at radius 1 is 1.37 bits per heavy atom. The first-order valence-corrected chi connectivity index (χ1v) is 8.51. The minimum absolute atomic E-state index is 0.154. The zero-order valence-electron chi connectivity index (χ0n) is 10.3. The summed E-state index contributed by atoms with van der Waals surface area (Å²) >= 11 is 0. The Morgan fingerprint density at radius 2 is 2.16 bits per heavy atom. The normalized spacial score (nSPS) is 20.2. The minimum atomic E-state index is -3.73. The fraction of sp³-hybridized carbons (Fsp3) is 0.385. The van der Waals surface area contributed by atoms with E-state index in [4.69, 9.17) is 15.4 Å². The van der Waals surface area contributed by atoms with Crippen LogP contribution < -0.4 is 0 Å². The third-order valence-electron chi connectivity index (χ3n) is 3.44. The molecular formula is C13H14ClNO3S. The number of aromatic nitrogens is 1. The van der Waals surface area contributed by atoms with Gasteiger partial charge in [0.2, 0.25) is 0 Å². The second-order valence-corrected chi connectivity index (χ2v) is 7.27. The summed E-state index contributed by atoms with van der Waals surface area (Å²) in [6.07, 6.45) is 3.83. The molecule has 0 amide bonds. The number of hydrogen-bond donors (Lipinski definition) is 0. The van der Waals surface area contributed by atoms with Crippen LogP contribution in [0.3, 0.4) is 0 Å². The predicted octanol–water partition coefficient (Wildman–Crippen LogP) is 2.75. The number of benzene rings is 1. The van der Waals surface area contributed by atoms with E-state index in [1.54, 1.807) is 12.3 Å². The van der Waals surface area contributed by atoms with Crippen molar-refractivity contribution >= 4 is 30.6 Å². The summed E-state index contributed by atoms with van der Waals surface area (Å²) in [7, 11) is 1.76. The van der Waals surface area contributed by atoms with Crippen LogP contribution in [-0.2, 0) is 20.3 Å². The molecule has 0 N–H and O–H groups in total. The molecule has 19 heavy (non-hydrogen) atoms. The van der Waals surface area contributed by atoms with Crippen LogP contribution in [0.1, 0.15) is 12.8 Å². The van der Waals surface area contributed by atoms with Crippen molar-refractivity contribution in [3.8, 4) is 0 Å². The van der Waals surface area contributed by atoms with Crippen LogP contribution in [0, 0.1) is 0 Å². The zero-order valence-corrected chi connectivity index (χ0v) is 11.8. The average molecular weight is 300 g/mol. The van der Waals surface area contributed by atoms with E-state index in [1.165, 1.54) is 0 Å². The van der Waals surface area contributed by atoms with E-state index < -0.39 is 9.05 Å². The van der Waals surface area contributed by atoms with Crippen molar-refractivity contribution in [2.24, 2.45) is 0 Å². The summed E-state index contributed by atoms with van der Waals surface area (Å²) in [5, 5.41) is 0.662. The van der Waals surface area contributed by atoms with E-state index in [-0.39, 0.29) is 11.0 Å². The first kappa shape index (κ1) is 13.0. The molecule has 0 bridgehead atoms. The Bertz CT molecular complexity index is 702. The zero-order chi connectivity index (χ0) is 13.5. The monoisotopic (exact) mass is 299 g/mol. The Kier molecular flexibility index (Phi) is 3.28. The molecule has 1 aromatic heterocycles. The highest BCUT2D eigenvalue weighted by Crippen LogP contribution is 2.29. The first-order valence-electron chi connectivity index (χ1n) is 6.20. The molecule has 2 aromatic rings. The highest BCUT2D eigenvalue weighted by atomic mass is 35.7. The lowest BCUT2D eigenvalue weighted by molar-refractivity contribution is 0.0979. The second-order valence-electron chi connectivity index (χ2n) is 4.74. The number of rotatable bonds is 3. The van der Waals surface area contributed by atoms with Gasteiger partial charge in [-0.2, -0.15) is 0 Å². The number of fused-ring (bicyclic) bond motifs is 1. The molecule has 1 aliphatic heterocycles. The summed E-state index contributed by atoms with van der Waals surface area (Å²) in [5.41, 5.74) is 0.872. The van der Waals surface area contributed by atoms with Crippen molar-refractivity contribution in [2.45, 2.75) is 30.4 Å². The first-order chi connectivity index (χ1) is 9.05.